The van der Waals surface area contributed by atoms with E-state index < -0.39 is 11.9 Å². The highest BCUT2D eigenvalue weighted by atomic mass is 35.5. The summed E-state index contributed by atoms with van der Waals surface area (Å²) in [6, 6.07) is 9.24. The van der Waals surface area contributed by atoms with Crippen molar-refractivity contribution in [1.29, 1.82) is 0 Å². The molecule has 1 aromatic heterocycles. The van der Waals surface area contributed by atoms with Crippen LogP contribution in [0, 0.1) is 11.6 Å². The molecule has 1 atom stereocenters. The van der Waals surface area contributed by atoms with Crippen molar-refractivity contribution in [2.24, 2.45) is 5.73 Å². The Kier molecular flexibility index (Phi) is 3.20. The van der Waals surface area contributed by atoms with Crippen molar-refractivity contribution >= 4 is 22.6 Å². The molecule has 0 bridgehead atoms. The summed E-state index contributed by atoms with van der Waals surface area (Å²) in [4.78, 5) is 0. The van der Waals surface area contributed by atoms with Crippen LogP contribution in [0.25, 0.3) is 11.0 Å². The first kappa shape index (κ1) is 13.1. The molecule has 2 aromatic carbocycles. The lowest BCUT2D eigenvalue weighted by atomic mass is 10.0. The molecule has 3 rings (SSSR count). The smallest absolute Gasteiger partial charge is 0.134 e. The zero-order valence-corrected chi connectivity index (χ0v) is 11.0. The molecule has 0 aliphatic rings. The van der Waals surface area contributed by atoms with Crippen molar-refractivity contribution in [2.45, 2.75) is 6.04 Å². The Morgan fingerprint density at radius 3 is 2.60 bits per heavy atom. The van der Waals surface area contributed by atoms with Crippen LogP contribution < -0.4 is 5.73 Å². The monoisotopic (exact) mass is 293 g/mol. The lowest BCUT2D eigenvalue weighted by Crippen LogP contribution is -2.12. The number of nitrogens with two attached hydrogens (primary N) is 1. The fourth-order valence-corrected chi connectivity index (χ4v) is 2.25. The molecular weight excluding hydrogens is 284 g/mol. The fourth-order valence-electron chi connectivity index (χ4n) is 2.10. The van der Waals surface area contributed by atoms with Crippen LogP contribution in [-0.2, 0) is 0 Å². The van der Waals surface area contributed by atoms with Gasteiger partial charge in [-0.25, -0.2) is 8.78 Å². The first-order valence-corrected chi connectivity index (χ1v) is 6.32. The predicted molar refractivity (Wildman–Crippen MR) is 73.6 cm³/mol. The Morgan fingerprint density at radius 2 is 1.85 bits per heavy atom. The summed E-state index contributed by atoms with van der Waals surface area (Å²) in [6.07, 6.45) is 0. The second-order valence-electron chi connectivity index (χ2n) is 4.47. The highest BCUT2D eigenvalue weighted by Gasteiger charge is 2.18. The molecule has 0 aliphatic heterocycles. The lowest BCUT2D eigenvalue weighted by Gasteiger charge is -2.10. The highest BCUT2D eigenvalue weighted by molar-refractivity contribution is 6.30. The minimum Gasteiger partial charge on any atom is -0.459 e. The van der Waals surface area contributed by atoms with Crippen molar-refractivity contribution in [1.82, 2.24) is 0 Å². The van der Waals surface area contributed by atoms with Gasteiger partial charge in [0.05, 0.1) is 6.04 Å². The summed E-state index contributed by atoms with van der Waals surface area (Å²) < 4.78 is 32.5. The van der Waals surface area contributed by atoms with Gasteiger partial charge < -0.3 is 10.2 Å². The van der Waals surface area contributed by atoms with Crippen LogP contribution in [-0.4, -0.2) is 0 Å². The van der Waals surface area contributed by atoms with Crippen LogP contribution >= 0.6 is 11.6 Å². The van der Waals surface area contributed by atoms with Gasteiger partial charge in [-0.3, -0.25) is 0 Å². The van der Waals surface area contributed by atoms with Gasteiger partial charge in [-0.05, 0) is 36.4 Å². The molecule has 102 valence electrons. The van der Waals surface area contributed by atoms with Gasteiger partial charge in [0, 0.05) is 16.0 Å². The van der Waals surface area contributed by atoms with Crippen LogP contribution in [0.15, 0.2) is 46.9 Å². The first-order chi connectivity index (χ1) is 9.54. The summed E-state index contributed by atoms with van der Waals surface area (Å²) in [5, 5.41) is 0.884. The van der Waals surface area contributed by atoms with Crippen LogP contribution in [0.2, 0.25) is 5.02 Å². The molecule has 3 aromatic rings. The predicted octanol–water partition coefficient (Wildman–Crippen LogP) is 4.41. The molecule has 2 N–H and O–H groups in total. The molecule has 0 amide bonds. The summed E-state index contributed by atoms with van der Waals surface area (Å²) in [5.41, 5.74) is 6.78. The standard InChI is InChI=1S/C15H10ClF2NO/c16-9-1-3-11(12(18)7-9)15(19)14-6-8-5-10(17)2-4-13(8)20-14/h1-7,15H,19H2. The van der Waals surface area contributed by atoms with Gasteiger partial charge >= 0.3 is 0 Å². The average Bonchev–Trinajstić information content (AvgIpc) is 2.81. The molecule has 0 spiro atoms. The van der Waals surface area contributed by atoms with Crippen molar-refractivity contribution < 1.29 is 13.2 Å². The van der Waals surface area contributed by atoms with Crippen LogP contribution in [0.3, 0.4) is 0 Å². The summed E-state index contributed by atoms with van der Waals surface area (Å²) in [6.45, 7) is 0. The maximum absolute atomic E-state index is 13.8. The molecule has 20 heavy (non-hydrogen) atoms. The van der Waals surface area contributed by atoms with E-state index in [0.717, 1.165) is 0 Å². The molecule has 5 heteroatoms. The Bertz CT molecular complexity index is 785. The number of furan rings is 1. The SMILES string of the molecule is NC(c1cc2cc(F)ccc2o1)c1ccc(Cl)cc1F. The van der Waals surface area contributed by atoms with E-state index in [4.69, 9.17) is 21.8 Å². The molecular formula is C15H10ClF2NO. The van der Waals surface area contributed by atoms with E-state index in [2.05, 4.69) is 0 Å². The van der Waals surface area contributed by atoms with Gasteiger partial charge in [0.25, 0.3) is 0 Å². The number of hydrogen-bond donors (Lipinski definition) is 1. The third-order valence-electron chi connectivity index (χ3n) is 3.10. The molecule has 2 nitrogen and oxygen atoms in total. The van der Waals surface area contributed by atoms with E-state index in [1.54, 1.807) is 12.1 Å². The van der Waals surface area contributed by atoms with Crippen LogP contribution in [0.1, 0.15) is 17.4 Å². The number of rotatable bonds is 2. The quantitative estimate of drug-likeness (QED) is 0.760. The summed E-state index contributed by atoms with van der Waals surface area (Å²) in [7, 11) is 0. The number of benzene rings is 2. The largest absolute Gasteiger partial charge is 0.459 e. The van der Waals surface area contributed by atoms with E-state index in [1.165, 1.54) is 30.3 Å². The van der Waals surface area contributed by atoms with Gasteiger partial charge in [-0.15, -0.1) is 0 Å². The van der Waals surface area contributed by atoms with Gasteiger partial charge in [-0.1, -0.05) is 17.7 Å². The van der Waals surface area contributed by atoms with Gasteiger partial charge in [0.1, 0.15) is 23.0 Å². The minimum atomic E-state index is -0.775. The zero-order chi connectivity index (χ0) is 14.3. The van der Waals surface area contributed by atoms with E-state index in [0.29, 0.717) is 21.8 Å². The van der Waals surface area contributed by atoms with Crippen molar-refractivity contribution in [3.8, 4) is 0 Å². The highest BCUT2D eigenvalue weighted by Crippen LogP contribution is 2.29. The van der Waals surface area contributed by atoms with Gasteiger partial charge in [-0.2, -0.15) is 0 Å². The van der Waals surface area contributed by atoms with Gasteiger partial charge in [0.15, 0.2) is 0 Å². The van der Waals surface area contributed by atoms with E-state index >= 15 is 0 Å². The van der Waals surface area contributed by atoms with E-state index in [1.807, 2.05) is 0 Å². The Morgan fingerprint density at radius 1 is 1.05 bits per heavy atom. The molecule has 0 saturated carbocycles. The Balaban J connectivity index is 2.05. The molecule has 0 saturated heterocycles. The van der Waals surface area contributed by atoms with Gasteiger partial charge in [0.2, 0.25) is 0 Å². The zero-order valence-electron chi connectivity index (χ0n) is 10.2. The molecule has 0 radical (unpaired) electrons. The number of fused-ring (bicyclic) bond motifs is 1. The van der Waals surface area contributed by atoms with E-state index in [-0.39, 0.29) is 11.4 Å². The normalized spacial score (nSPS) is 12.8. The van der Waals surface area contributed by atoms with E-state index in [9.17, 15) is 8.78 Å². The molecule has 0 aliphatic carbocycles. The Labute approximate surface area is 118 Å². The second kappa shape index (κ2) is 4.89. The average molecular weight is 294 g/mol. The molecule has 1 unspecified atom stereocenters. The van der Waals surface area contributed by atoms with Crippen LogP contribution in [0.5, 0.6) is 0 Å². The van der Waals surface area contributed by atoms with Crippen molar-refractivity contribution in [2.75, 3.05) is 0 Å². The maximum atomic E-state index is 13.8. The van der Waals surface area contributed by atoms with Crippen LogP contribution in [0.4, 0.5) is 8.78 Å². The number of halogens is 3. The topological polar surface area (TPSA) is 39.2 Å². The first-order valence-electron chi connectivity index (χ1n) is 5.94. The van der Waals surface area contributed by atoms with Crippen molar-refractivity contribution in [3.05, 3.63) is 70.4 Å². The fraction of sp³-hybridized carbons (Fsp3) is 0.0667. The van der Waals surface area contributed by atoms with Crippen molar-refractivity contribution in [3.63, 3.8) is 0 Å². The summed E-state index contributed by atoms with van der Waals surface area (Å²) in [5.74, 6) is -0.500. The third kappa shape index (κ3) is 2.28. The summed E-state index contributed by atoms with van der Waals surface area (Å²) >= 11 is 5.70. The lowest BCUT2D eigenvalue weighted by molar-refractivity contribution is 0.510. The molecule has 0 fully saturated rings. The third-order valence-corrected chi connectivity index (χ3v) is 3.34. The molecule has 1 heterocycles. The second-order valence-corrected chi connectivity index (χ2v) is 4.91. The maximum Gasteiger partial charge on any atom is 0.134 e. The minimum absolute atomic E-state index is 0.272. The number of hydrogen-bond acceptors (Lipinski definition) is 2. The Hall–Kier alpha value is -1.91.